The maximum absolute atomic E-state index is 5.09. The first-order chi connectivity index (χ1) is 4.97. The minimum atomic E-state index is 0. The zero-order valence-electron chi connectivity index (χ0n) is 6.60. The predicted molar refractivity (Wildman–Crippen MR) is 61.0 cm³/mol. The van der Waals surface area contributed by atoms with Crippen molar-refractivity contribution in [1.29, 1.82) is 0 Å². The highest BCUT2D eigenvalue weighted by atomic mass is 35.5. The Balaban J connectivity index is 0. The van der Waals surface area contributed by atoms with Crippen molar-refractivity contribution < 1.29 is 4.84 Å². The van der Waals surface area contributed by atoms with Crippen LogP contribution in [-0.2, 0) is 0 Å². The molecule has 0 saturated heterocycles. The number of hydrogen-bond acceptors (Lipinski definition) is 2. The molecule has 0 bridgehead atoms. The van der Waals surface area contributed by atoms with Gasteiger partial charge in [0, 0.05) is 11.8 Å². The summed E-state index contributed by atoms with van der Waals surface area (Å²) < 4.78 is 0. The van der Waals surface area contributed by atoms with Crippen LogP contribution in [-0.4, -0.2) is 0 Å². The van der Waals surface area contributed by atoms with Crippen molar-refractivity contribution in [3.63, 3.8) is 0 Å². The lowest BCUT2D eigenvalue weighted by Crippen LogP contribution is -2.13. The number of para-hydroxylation sites is 1. The number of hydrogen-bond donors (Lipinski definition) is 1. The summed E-state index contributed by atoms with van der Waals surface area (Å²) >= 11 is 0. The lowest BCUT2D eigenvalue weighted by Gasteiger charge is -2.11. The second kappa shape index (κ2) is 6.89. The molecule has 2 nitrogen and oxygen atoms in total. The fourth-order valence-corrected chi connectivity index (χ4v) is 0.932. The van der Waals surface area contributed by atoms with Crippen molar-refractivity contribution in [2.75, 3.05) is 0 Å². The van der Waals surface area contributed by atoms with E-state index >= 15 is 0 Å². The van der Waals surface area contributed by atoms with Gasteiger partial charge in [-0.05, 0) is 12.1 Å². The Bertz CT molecular complexity index is 278. The number of hydroxylamine groups is 1. The number of nitrogens with one attached hydrogen (secondary N) is 1. The van der Waals surface area contributed by atoms with Crippen molar-refractivity contribution >= 4 is 43.3 Å². The Morgan fingerprint density at radius 1 is 1.00 bits per heavy atom. The molecule has 1 N–H and O–H groups in total. The highest BCUT2D eigenvalue weighted by Crippen LogP contribution is 2.20. The lowest BCUT2D eigenvalue weighted by molar-refractivity contribution is 0.239. The summed E-state index contributed by atoms with van der Waals surface area (Å²) in [5, 5.41) is 0. The lowest BCUT2D eigenvalue weighted by atomic mass is 10.2. The maximum Gasteiger partial charge on any atom is 0.162 e. The average molecular weight is 243 g/mol. The Labute approximate surface area is 95.5 Å². The van der Waals surface area contributed by atoms with Crippen molar-refractivity contribution in [3.05, 3.63) is 36.0 Å². The van der Waals surface area contributed by atoms with E-state index in [-0.39, 0.29) is 37.2 Å². The molecular weight excluding hydrogens is 232 g/mol. The summed E-state index contributed by atoms with van der Waals surface area (Å²) in [7, 11) is 0. The van der Waals surface area contributed by atoms with Crippen LogP contribution in [0.1, 0.15) is 5.56 Å². The predicted octanol–water partition coefficient (Wildman–Crippen LogP) is 2.82. The first kappa shape index (κ1) is 14.9. The molecule has 0 unspecified atom stereocenters. The summed E-state index contributed by atoms with van der Waals surface area (Å²) in [5.74, 6) is 0.880. The summed E-state index contributed by atoms with van der Waals surface area (Å²) in [6.07, 6.45) is 3.74. The minimum absolute atomic E-state index is 0. The highest BCUT2D eigenvalue weighted by molar-refractivity contribution is 5.86. The van der Waals surface area contributed by atoms with E-state index < -0.39 is 0 Å². The van der Waals surface area contributed by atoms with E-state index in [9.17, 15) is 0 Å². The largest absolute Gasteiger partial charge is 0.382 e. The van der Waals surface area contributed by atoms with E-state index in [1.807, 2.05) is 30.3 Å². The molecule has 1 aliphatic rings. The molecule has 1 aromatic carbocycles. The van der Waals surface area contributed by atoms with Crippen LogP contribution in [0, 0.1) is 0 Å². The zero-order chi connectivity index (χ0) is 6.81. The van der Waals surface area contributed by atoms with Gasteiger partial charge in [0.15, 0.2) is 5.75 Å². The van der Waals surface area contributed by atoms with Gasteiger partial charge < -0.3 is 4.84 Å². The molecule has 2 rings (SSSR count). The summed E-state index contributed by atoms with van der Waals surface area (Å²) in [5.41, 5.74) is 3.77. The molecule has 0 amide bonds. The molecule has 0 radical (unpaired) electrons. The van der Waals surface area contributed by atoms with Crippen molar-refractivity contribution in [2.24, 2.45) is 0 Å². The molecule has 0 spiro atoms. The van der Waals surface area contributed by atoms with Gasteiger partial charge in [0.2, 0.25) is 0 Å². The van der Waals surface area contributed by atoms with Crippen molar-refractivity contribution in [1.82, 2.24) is 5.48 Å². The molecule has 1 heterocycles. The molecule has 5 heteroatoms. The molecule has 0 saturated carbocycles. The van der Waals surface area contributed by atoms with Gasteiger partial charge in [-0.3, -0.25) is 0 Å². The fraction of sp³-hybridized carbons (Fsp3) is 0. The van der Waals surface area contributed by atoms with E-state index in [0.29, 0.717) is 0 Å². The molecular formula is C8H10Cl3NO. The van der Waals surface area contributed by atoms with Crippen LogP contribution >= 0.6 is 37.2 Å². The normalized spacial score (nSPS) is 10.2. The van der Waals surface area contributed by atoms with Gasteiger partial charge >= 0.3 is 0 Å². The van der Waals surface area contributed by atoms with Gasteiger partial charge in [0.25, 0.3) is 0 Å². The van der Waals surface area contributed by atoms with Gasteiger partial charge in [0.1, 0.15) is 0 Å². The van der Waals surface area contributed by atoms with Crippen molar-refractivity contribution in [3.8, 4) is 5.75 Å². The molecule has 0 atom stereocenters. The van der Waals surface area contributed by atoms with Gasteiger partial charge in [0.05, 0.1) is 0 Å². The van der Waals surface area contributed by atoms with Crippen LogP contribution in [0.25, 0.3) is 6.08 Å². The van der Waals surface area contributed by atoms with Gasteiger partial charge in [-0.2, -0.15) is 0 Å². The number of benzene rings is 1. The van der Waals surface area contributed by atoms with E-state index in [1.54, 1.807) is 6.20 Å². The Hall–Kier alpha value is -0.570. The van der Waals surface area contributed by atoms with Crippen LogP contribution in [0.15, 0.2) is 30.5 Å². The Kier molecular flexibility index (Phi) is 7.92. The molecule has 0 aromatic heterocycles. The van der Waals surface area contributed by atoms with E-state index in [2.05, 4.69) is 5.48 Å². The highest BCUT2D eigenvalue weighted by Gasteiger charge is 2.01. The number of fused-ring (bicyclic) bond motifs is 1. The fourth-order valence-electron chi connectivity index (χ4n) is 0.932. The Morgan fingerprint density at radius 3 is 2.38 bits per heavy atom. The summed E-state index contributed by atoms with van der Waals surface area (Å²) in [4.78, 5) is 5.09. The third-order valence-electron chi connectivity index (χ3n) is 1.42. The molecule has 13 heavy (non-hydrogen) atoms. The van der Waals surface area contributed by atoms with Crippen LogP contribution in [0.5, 0.6) is 5.75 Å². The monoisotopic (exact) mass is 241 g/mol. The molecule has 1 aliphatic heterocycles. The molecule has 0 fully saturated rings. The van der Waals surface area contributed by atoms with Crippen LogP contribution in [0.2, 0.25) is 0 Å². The average Bonchev–Trinajstić information content (AvgIpc) is 2.05. The second-order valence-corrected chi connectivity index (χ2v) is 2.09. The first-order valence-electron chi connectivity index (χ1n) is 3.15. The van der Waals surface area contributed by atoms with Crippen LogP contribution in [0.3, 0.4) is 0 Å². The van der Waals surface area contributed by atoms with E-state index in [4.69, 9.17) is 4.84 Å². The van der Waals surface area contributed by atoms with Crippen LogP contribution < -0.4 is 10.3 Å². The van der Waals surface area contributed by atoms with Gasteiger partial charge in [-0.15, -0.1) is 37.2 Å². The molecule has 74 valence electrons. The second-order valence-electron chi connectivity index (χ2n) is 2.09. The smallest absolute Gasteiger partial charge is 0.162 e. The maximum atomic E-state index is 5.09. The SMILES string of the molecule is C1=Cc2ccccc2ON1.Cl.Cl.Cl. The van der Waals surface area contributed by atoms with Gasteiger partial charge in [-0.25, -0.2) is 5.48 Å². The third-order valence-corrected chi connectivity index (χ3v) is 1.42. The third kappa shape index (κ3) is 3.35. The Morgan fingerprint density at radius 2 is 1.69 bits per heavy atom. The van der Waals surface area contributed by atoms with E-state index in [0.717, 1.165) is 11.3 Å². The summed E-state index contributed by atoms with van der Waals surface area (Å²) in [6.45, 7) is 0. The summed E-state index contributed by atoms with van der Waals surface area (Å²) in [6, 6.07) is 7.86. The van der Waals surface area contributed by atoms with Crippen molar-refractivity contribution in [2.45, 2.75) is 0 Å². The topological polar surface area (TPSA) is 21.3 Å². The number of rotatable bonds is 0. The molecule has 1 aromatic rings. The minimum Gasteiger partial charge on any atom is -0.382 e. The molecule has 0 aliphatic carbocycles. The van der Waals surface area contributed by atoms with Gasteiger partial charge in [-0.1, -0.05) is 18.2 Å². The number of halogens is 3. The quantitative estimate of drug-likeness (QED) is 0.755. The van der Waals surface area contributed by atoms with Crippen LogP contribution in [0.4, 0.5) is 0 Å². The first-order valence-corrected chi connectivity index (χ1v) is 3.15. The van der Waals surface area contributed by atoms with E-state index in [1.165, 1.54) is 0 Å². The zero-order valence-corrected chi connectivity index (χ0v) is 9.05. The standard InChI is InChI=1S/C8H7NO.3ClH/c1-2-4-8-7(3-1)5-6-9-10-8;;;/h1-6,9H;3*1H.